The summed E-state index contributed by atoms with van der Waals surface area (Å²) in [5, 5.41) is 8.05. The lowest BCUT2D eigenvalue weighted by molar-refractivity contribution is -0.129. The Kier molecular flexibility index (Phi) is 5.34. The Balaban J connectivity index is 1.49. The van der Waals surface area contributed by atoms with Gasteiger partial charge in [-0.2, -0.15) is 0 Å². The second-order valence-electron chi connectivity index (χ2n) is 6.86. The Morgan fingerprint density at radius 2 is 1.96 bits per heavy atom. The van der Waals surface area contributed by atoms with Gasteiger partial charge in [0, 0.05) is 13.1 Å². The first kappa shape index (κ1) is 18.6. The molecule has 0 bridgehead atoms. The number of imidazole rings is 1. The highest BCUT2D eigenvalue weighted by Gasteiger charge is 2.17. The predicted octanol–water partition coefficient (Wildman–Crippen LogP) is 4.05. The molecule has 0 saturated carbocycles. The second kappa shape index (κ2) is 8.06. The number of fused-ring (bicyclic) bond motifs is 3. The highest BCUT2D eigenvalue weighted by molar-refractivity contribution is 7.99. The molecule has 4 rings (SSSR count). The minimum absolute atomic E-state index is 0.119. The molecule has 0 unspecified atom stereocenters. The topological polar surface area (TPSA) is 66.3 Å². The molecule has 28 heavy (non-hydrogen) atoms. The van der Waals surface area contributed by atoms with Gasteiger partial charge in [-0.1, -0.05) is 60.6 Å². The van der Waals surface area contributed by atoms with Crippen molar-refractivity contribution in [2.24, 2.45) is 0 Å². The summed E-state index contributed by atoms with van der Waals surface area (Å²) in [6, 6.07) is 16.3. The third kappa shape index (κ3) is 3.75. The smallest absolute Gasteiger partial charge is 0.233 e. The van der Waals surface area contributed by atoms with Gasteiger partial charge in [-0.25, -0.2) is 10.1 Å². The zero-order chi connectivity index (χ0) is 19.5. The number of aryl methyl sites for hydroxylation is 1. The molecule has 0 fully saturated rings. The Morgan fingerprint density at radius 3 is 2.75 bits per heavy atom. The second-order valence-corrected chi connectivity index (χ2v) is 7.80. The number of H-pyrrole nitrogens is 1. The summed E-state index contributed by atoms with van der Waals surface area (Å²) in [5.74, 6) is 1.16. The Hall–Kier alpha value is -2.80. The van der Waals surface area contributed by atoms with Crippen LogP contribution in [0.1, 0.15) is 24.5 Å². The first-order valence-electron chi connectivity index (χ1n) is 9.43. The molecular formula is C21H23N5OS. The van der Waals surface area contributed by atoms with Crippen molar-refractivity contribution in [2.75, 3.05) is 12.3 Å². The molecule has 6 nitrogen and oxygen atoms in total. The van der Waals surface area contributed by atoms with Gasteiger partial charge in [0.25, 0.3) is 0 Å². The molecule has 1 N–H and O–H groups in total. The van der Waals surface area contributed by atoms with Crippen molar-refractivity contribution >= 4 is 34.5 Å². The summed E-state index contributed by atoms with van der Waals surface area (Å²) in [5.41, 5.74) is 4.28. The van der Waals surface area contributed by atoms with Gasteiger partial charge in [-0.15, -0.1) is 5.10 Å². The van der Waals surface area contributed by atoms with Crippen molar-refractivity contribution in [1.29, 1.82) is 0 Å². The van der Waals surface area contributed by atoms with Gasteiger partial charge in [0.15, 0.2) is 5.16 Å². The van der Waals surface area contributed by atoms with Crippen molar-refractivity contribution in [3.05, 3.63) is 59.7 Å². The Labute approximate surface area is 168 Å². The highest BCUT2D eigenvalue weighted by atomic mass is 32.2. The average Bonchev–Trinajstić information content (AvgIpc) is 3.26. The minimum Gasteiger partial charge on any atom is -0.338 e. The molecule has 2 aromatic heterocycles. The van der Waals surface area contributed by atoms with E-state index in [-0.39, 0.29) is 5.91 Å². The highest BCUT2D eigenvalue weighted by Crippen LogP contribution is 2.23. The Morgan fingerprint density at radius 1 is 1.18 bits per heavy atom. The van der Waals surface area contributed by atoms with Crippen molar-refractivity contribution in [1.82, 2.24) is 24.5 Å². The van der Waals surface area contributed by atoms with Crippen LogP contribution in [0, 0.1) is 6.92 Å². The fourth-order valence-electron chi connectivity index (χ4n) is 3.23. The SMILES string of the molecule is CCCN(Cc1ccc(C)cc1)C(=O)CSc1n[nH]c2nc3ccccc3n12. The zero-order valence-electron chi connectivity index (χ0n) is 16.1. The van der Waals surface area contributed by atoms with Crippen molar-refractivity contribution in [3.63, 3.8) is 0 Å². The van der Waals surface area contributed by atoms with Gasteiger partial charge in [-0.3, -0.25) is 9.20 Å². The average molecular weight is 394 g/mol. The van der Waals surface area contributed by atoms with Gasteiger partial charge >= 0.3 is 0 Å². The first-order chi connectivity index (χ1) is 13.7. The molecule has 2 heterocycles. The zero-order valence-corrected chi connectivity index (χ0v) is 16.9. The number of amides is 1. The molecule has 0 radical (unpaired) electrons. The van der Waals surface area contributed by atoms with Crippen LogP contribution in [-0.2, 0) is 11.3 Å². The molecule has 1 amide bonds. The number of nitrogens with zero attached hydrogens (tertiary/aromatic N) is 4. The van der Waals surface area contributed by atoms with Gasteiger partial charge < -0.3 is 4.90 Å². The van der Waals surface area contributed by atoms with E-state index in [1.807, 2.05) is 33.6 Å². The van der Waals surface area contributed by atoms with Gasteiger partial charge in [0.1, 0.15) is 0 Å². The maximum atomic E-state index is 12.9. The maximum absolute atomic E-state index is 12.9. The number of carbonyl (C=O) groups is 1. The normalized spacial score (nSPS) is 11.4. The molecular weight excluding hydrogens is 370 g/mol. The lowest BCUT2D eigenvalue weighted by Gasteiger charge is -2.22. The van der Waals surface area contributed by atoms with Crippen LogP contribution in [0.25, 0.3) is 16.8 Å². The summed E-state index contributed by atoms with van der Waals surface area (Å²) in [6.07, 6.45) is 0.932. The lowest BCUT2D eigenvalue weighted by Crippen LogP contribution is -2.32. The van der Waals surface area contributed by atoms with Gasteiger partial charge in [0.05, 0.1) is 16.8 Å². The number of thioether (sulfide) groups is 1. The van der Waals surface area contributed by atoms with E-state index in [1.54, 1.807) is 0 Å². The summed E-state index contributed by atoms with van der Waals surface area (Å²) < 4.78 is 1.97. The number of para-hydroxylation sites is 2. The van der Waals surface area contributed by atoms with Crippen LogP contribution < -0.4 is 0 Å². The lowest BCUT2D eigenvalue weighted by atomic mass is 10.1. The van der Waals surface area contributed by atoms with E-state index in [0.717, 1.165) is 34.7 Å². The largest absolute Gasteiger partial charge is 0.338 e. The molecule has 0 atom stereocenters. The molecule has 2 aromatic carbocycles. The molecule has 7 heteroatoms. The molecule has 144 valence electrons. The van der Waals surface area contributed by atoms with Crippen LogP contribution in [0.2, 0.25) is 0 Å². The van der Waals surface area contributed by atoms with E-state index >= 15 is 0 Å². The molecule has 0 aliphatic rings. The number of hydrogen-bond donors (Lipinski definition) is 1. The van der Waals surface area contributed by atoms with Crippen molar-refractivity contribution in [2.45, 2.75) is 32.0 Å². The molecule has 0 saturated heterocycles. The summed E-state index contributed by atoms with van der Waals surface area (Å²) in [6.45, 7) is 5.55. The molecule has 4 aromatic rings. The Bertz CT molecular complexity index is 1100. The number of aromatic amines is 1. The van der Waals surface area contributed by atoms with E-state index in [4.69, 9.17) is 0 Å². The third-order valence-electron chi connectivity index (χ3n) is 4.67. The van der Waals surface area contributed by atoms with Gasteiger partial charge in [0.2, 0.25) is 11.7 Å². The van der Waals surface area contributed by atoms with E-state index in [1.165, 1.54) is 17.3 Å². The fraction of sp³-hybridized carbons (Fsp3) is 0.286. The van der Waals surface area contributed by atoms with Crippen LogP contribution in [-0.4, -0.2) is 42.7 Å². The number of rotatable bonds is 7. The molecule has 0 spiro atoms. The predicted molar refractivity (Wildman–Crippen MR) is 112 cm³/mol. The van der Waals surface area contributed by atoms with Crippen LogP contribution in [0.15, 0.2) is 53.7 Å². The van der Waals surface area contributed by atoms with Crippen molar-refractivity contribution in [3.8, 4) is 0 Å². The number of nitrogens with one attached hydrogen (secondary N) is 1. The first-order valence-corrected chi connectivity index (χ1v) is 10.4. The van der Waals surface area contributed by atoms with E-state index in [2.05, 4.69) is 53.3 Å². The van der Waals surface area contributed by atoms with Gasteiger partial charge in [-0.05, 0) is 31.0 Å². The summed E-state index contributed by atoms with van der Waals surface area (Å²) in [4.78, 5) is 19.3. The molecule has 0 aliphatic carbocycles. The third-order valence-corrected chi connectivity index (χ3v) is 5.59. The number of carbonyl (C=O) groups excluding carboxylic acids is 1. The van der Waals surface area contributed by atoms with Crippen LogP contribution in [0.5, 0.6) is 0 Å². The van der Waals surface area contributed by atoms with Crippen LogP contribution in [0.3, 0.4) is 0 Å². The maximum Gasteiger partial charge on any atom is 0.233 e. The number of benzene rings is 2. The van der Waals surface area contributed by atoms with E-state index in [0.29, 0.717) is 18.1 Å². The quantitative estimate of drug-likeness (QED) is 0.481. The monoisotopic (exact) mass is 393 g/mol. The van der Waals surface area contributed by atoms with E-state index < -0.39 is 0 Å². The minimum atomic E-state index is 0.119. The van der Waals surface area contributed by atoms with Crippen LogP contribution in [0.4, 0.5) is 0 Å². The molecule has 0 aliphatic heterocycles. The fourth-order valence-corrected chi connectivity index (χ4v) is 4.09. The van der Waals surface area contributed by atoms with Crippen molar-refractivity contribution < 1.29 is 4.79 Å². The standard InChI is InChI=1S/C21H23N5OS/c1-3-12-25(13-16-10-8-15(2)9-11-16)19(27)14-28-21-24-23-20-22-17-6-4-5-7-18(17)26(20)21/h4-11H,3,12-14H2,1-2H3,(H,22,23). The van der Waals surface area contributed by atoms with Crippen LogP contribution >= 0.6 is 11.8 Å². The summed E-state index contributed by atoms with van der Waals surface area (Å²) >= 11 is 1.44. The number of aromatic nitrogens is 4. The summed E-state index contributed by atoms with van der Waals surface area (Å²) in [7, 11) is 0. The number of hydrogen-bond acceptors (Lipinski definition) is 4. The van der Waals surface area contributed by atoms with E-state index in [9.17, 15) is 4.79 Å².